The van der Waals surface area contributed by atoms with Gasteiger partial charge in [0.15, 0.2) is 0 Å². The number of hydrogen-bond donors (Lipinski definition) is 0. The maximum absolute atomic E-state index is 11.2. The van der Waals surface area contributed by atoms with Crippen LogP contribution in [0.5, 0.6) is 0 Å². The van der Waals surface area contributed by atoms with Crippen LogP contribution in [0.4, 0.5) is 0 Å². The molecule has 1 rings (SSSR count). The predicted molar refractivity (Wildman–Crippen MR) is 89.2 cm³/mol. The summed E-state index contributed by atoms with van der Waals surface area (Å²) >= 11 is 0. The number of rotatable bonds is 10. The molecule has 0 saturated heterocycles. The maximum atomic E-state index is 11.2. The first-order valence-electron chi connectivity index (χ1n) is 8.20. The molecular formula is C19H28O2. The third-order valence-corrected chi connectivity index (χ3v) is 3.50. The molecular weight excluding hydrogens is 260 g/mol. The van der Waals surface area contributed by atoms with Gasteiger partial charge < -0.3 is 4.74 Å². The summed E-state index contributed by atoms with van der Waals surface area (Å²) in [5.74, 6) is -0.284. The average Bonchev–Trinajstić information content (AvgIpc) is 2.50. The van der Waals surface area contributed by atoms with E-state index in [1.165, 1.54) is 50.2 Å². The fraction of sp³-hybridized carbons (Fsp3) is 0.526. The summed E-state index contributed by atoms with van der Waals surface area (Å²) in [4.78, 5) is 11.2. The normalized spacial score (nSPS) is 11.0. The second-order valence-corrected chi connectivity index (χ2v) is 5.34. The van der Waals surface area contributed by atoms with Gasteiger partial charge in [-0.3, -0.25) is 0 Å². The summed E-state index contributed by atoms with van der Waals surface area (Å²) in [5.41, 5.74) is 2.41. The Labute approximate surface area is 129 Å². The number of carbonyl (C=O) groups is 1. The van der Waals surface area contributed by atoms with E-state index < -0.39 is 0 Å². The molecule has 2 heteroatoms. The molecule has 1 aromatic carbocycles. The Bertz CT molecular complexity index is 418. The van der Waals surface area contributed by atoms with Gasteiger partial charge >= 0.3 is 5.97 Å². The van der Waals surface area contributed by atoms with Gasteiger partial charge in [-0.05, 0) is 37.0 Å². The fourth-order valence-electron chi connectivity index (χ4n) is 2.26. The van der Waals surface area contributed by atoms with Crippen LogP contribution >= 0.6 is 0 Å². The summed E-state index contributed by atoms with van der Waals surface area (Å²) < 4.78 is 4.85. The van der Waals surface area contributed by atoms with Crippen LogP contribution in [-0.4, -0.2) is 12.6 Å². The molecule has 0 bridgehead atoms. The van der Waals surface area contributed by atoms with E-state index in [1.807, 2.05) is 6.92 Å². The van der Waals surface area contributed by atoms with Crippen molar-refractivity contribution in [2.75, 3.05) is 6.61 Å². The average molecular weight is 288 g/mol. The number of unbranched alkanes of at least 4 members (excludes halogenated alkanes) is 5. The minimum Gasteiger partial charge on any atom is -0.463 e. The SMILES string of the molecule is CCCCCCCCc1ccc(C=CC(=O)OCC)cc1. The second kappa shape index (κ2) is 11.1. The van der Waals surface area contributed by atoms with Gasteiger partial charge in [0.1, 0.15) is 0 Å². The topological polar surface area (TPSA) is 26.3 Å². The lowest BCUT2D eigenvalue weighted by atomic mass is 10.0. The minimum atomic E-state index is -0.284. The van der Waals surface area contributed by atoms with Crippen LogP contribution in [0.1, 0.15) is 63.5 Å². The number of carbonyl (C=O) groups excluding carboxylic acids is 1. The number of benzene rings is 1. The Balaban J connectivity index is 2.28. The fourth-order valence-corrected chi connectivity index (χ4v) is 2.26. The smallest absolute Gasteiger partial charge is 0.330 e. The Morgan fingerprint density at radius 3 is 2.33 bits per heavy atom. The van der Waals surface area contributed by atoms with Crippen molar-refractivity contribution in [1.29, 1.82) is 0 Å². The van der Waals surface area contributed by atoms with Gasteiger partial charge in [0, 0.05) is 6.08 Å². The quantitative estimate of drug-likeness (QED) is 0.337. The Morgan fingerprint density at radius 1 is 1.00 bits per heavy atom. The first-order chi connectivity index (χ1) is 10.3. The van der Waals surface area contributed by atoms with Crippen LogP contribution in [0, 0.1) is 0 Å². The van der Waals surface area contributed by atoms with Crippen molar-refractivity contribution in [2.45, 2.75) is 58.8 Å². The van der Waals surface area contributed by atoms with Crippen LogP contribution in [-0.2, 0) is 16.0 Å². The first-order valence-corrected chi connectivity index (χ1v) is 8.20. The standard InChI is InChI=1S/C19H28O2/c1-3-5-6-7-8-9-10-17-11-13-18(14-12-17)15-16-19(20)21-4-2/h11-16H,3-10H2,1-2H3. The van der Waals surface area contributed by atoms with Gasteiger partial charge in [0.2, 0.25) is 0 Å². The predicted octanol–water partition coefficient (Wildman–Crippen LogP) is 5.17. The molecule has 0 heterocycles. The van der Waals surface area contributed by atoms with Crippen LogP contribution < -0.4 is 0 Å². The van der Waals surface area contributed by atoms with Gasteiger partial charge in [-0.2, -0.15) is 0 Å². The molecule has 0 aliphatic carbocycles. The molecule has 0 saturated carbocycles. The Morgan fingerprint density at radius 2 is 1.67 bits per heavy atom. The van der Waals surface area contributed by atoms with Crippen molar-refractivity contribution in [3.63, 3.8) is 0 Å². The van der Waals surface area contributed by atoms with Crippen molar-refractivity contribution in [3.8, 4) is 0 Å². The van der Waals surface area contributed by atoms with E-state index in [4.69, 9.17) is 4.74 Å². The number of aryl methyl sites for hydroxylation is 1. The molecule has 0 amide bonds. The van der Waals surface area contributed by atoms with Crippen LogP contribution in [0.15, 0.2) is 30.3 Å². The number of ether oxygens (including phenoxy) is 1. The summed E-state index contributed by atoms with van der Waals surface area (Å²) in [6.45, 7) is 4.47. The lowest BCUT2D eigenvalue weighted by molar-refractivity contribution is -0.137. The zero-order valence-corrected chi connectivity index (χ0v) is 13.4. The van der Waals surface area contributed by atoms with Gasteiger partial charge in [-0.15, -0.1) is 0 Å². The molecule has 0 aliphatic heterocycles. The van der Waals surface area contributed by atoms with Crippen LogP contribution in [0.25, 0.3) is 6.08 Å². The summed E-state index contributed by atoms with van der Waals surface area (Å²) in [6.07, 6.45) is 12.4. The molecule has 0 atom stereocenters. The van der Waals surface area contributed by atoms with Gasteiger partial charge in [-0.1, -0.05) is 63.3 Å². The largest absolute Gasteiger partial charge is 0.463 e. The second-order valence-electron chi connectivity index (χ2n) is 5.34. The molecule has 2 nitrogen and oxygen atoms in total. The lowest BCUT2D eigenvalue weighted by Gasteiger charge is -2.03. The van der Waals surface area contributed by atoms with Gasteiger partial charge in [0.25, 0.3) is 0 Å². The highest BCUT2D eigenvalue weighted by molar-refractivity contribution is 5.86. The van der Waals surface area contributed by atoms with Crippen molar-refractivity contribution < 1.29 is 9.53 Å². The van der Waals surface area contributed by atoms with Crippen LogP contribution in [0.2, 0.25) is 0 Å². The van der Waals surface area contributed by atoms with Crippen molar-refractivity contribution >= 4 is 12.0 Å². The highest BCUT2D eigenvalue weighted by Gasteiger charge is 1.96. The zero-order valence-electron chi connectivity index (χ0n) is 13.4. The molecule has 0 aromatic heterocycles. The number of hydrogen-bond acceptors (Lipinski definition) is 2. The van der Waals surface area contributed by atoms with Crippen molar-refractivity contribution in [2.24, 2.45) is 0 Å². The highest BCUT2D eigenvalue weighted by atomic mass is 16.5. The Kier molecular flexibility index (Phi) is 9.26. The minimum absolute atomic E-state index is 0.284. The third kappa shape index (κ3) is 8.34. The summed E-state index contributed by atoms with van der Waals surface area (Å²) in [5, 5.41) is 0. The third-order valence-electron chi connectivity index (χ3n) is 3.50. The molecule has 0 N–H and O–H groups in total. The zero-order chi connectivity index (χ0) is 15.3. The summed E-state index contributed by atoms with van der Waals surface area (Å²) in [6, 6.07) is 8.41. The molecule has 0 fully saturated rings. The van der Waals surface area contributed by atoms with Crippen molar-refractivity contribution in [3.05, 3.63) is 41.5 Å². The molecule has 0 radical (unpaired) electrons. The van der Waals surface area contributed by atoms with Crippen molar-refractivity contribution in [1.82, 2.24) is 0 Å². The number of esters is 1. The van der Waals surface area contributed by atoms with Gasteiger partial charge in [0.05, 0.1) is 6.61 Å². The Hall–Kier alpha value is -1.57. The molecule has 0 spiro atoms. The van der Waals surface area contributed by atoms with Crippen LogP contribution in [0.3, 0.4) is 0 Å². The van der Waals surface area contributed by atoms with E-state index in [9.17, 15) is 4.79 Å². The summed E-state index contributed by atoms with van der Waals surface area (Å²) in [7, 11) is 0. The molecule has 0 aliphatic rings. The molecule has 1 aromatic rings. The first kappa shape index (κ1) is 17.5. The lowest BCUT2D eigenvalue weighted by Crippen LogP contribution is -1.98. The molecule has 116 valence electrons. The van der Waals surface area contributed by atoms with E-state index in [1.54, 1.807) is 6.08 Å². The van der Waals surface area contributed by atoms with E-state index in [2.05, 4.69) is 31.2 Å². The van der Waals surface area contributed by atoms with E-state index in [0.29, 0.717) is 6.61 Å². The van der Waals surface area contributed by atoms with E-state index in [-0.39, 0.29) is 5.97 Å². The maximum Gasteiger partial charge on any atom is 0.330 e. The highest BCUT2D eigenvalue weighted by Crippen LogP contribution is 2.12. The van der Waals surface area contributed by atoms with Gasteiger partial charge in [-0.25, -0.2) is 4.79 Å². The van der Waals surface area contributed by atoms with E-state index in [0.717, 1.165) is 12.0 Å². The van der Waals surface area contributed by atoms with E-state index >= 15 is 0 Å². The monoisotopic (exact) mass is 288 g/mol. The molecule has 0 unspecified atom stereocenters. The molecule has 21 heavy (non-hydrogen) atoms.